The third-order valence-corrected chi connectivity index (χ3v) is 4.73. The van der Waals surface area contributed by atoms with Gasteiger partial charge in [-0.1, -0.05) is 30.3 Å². The van der Waals surface area contributed by atoms with Crippen LogP contribution in [0.2, 0.25) is 0 Å². The lowest BCUT2D eigenvalue weighted by Crippen LogP contribution is -2.40. The molecule has 1 aliphatic rings. The molecule has 0 saturated heterocycles. The summed E-state index contributed by atoms with van der Waals surface area (Å²) in [6.45, 7) is 0.521. The zero-order valence-electron chi connectivity index (χ0n) is 15.1. The van der Waals surface area contributed by atoms with E-state index in [0.29, 0.717) is 18.3 Å². The van der Waals surface area contributed by atoms with Crippen LogP contribution in [0.4, 0.5) is 10.6 Å². The van der Waals surface area contributed by atoms with Crippen LogP contribution in [0.25, 0.3) is 0 Å². The number of amides is 2. The standard InChI is InChI=1S/C19H21N7O/c1-25(17-11-14(9-10-20-17)12-26-13-21-23-24-26)19(27)22-18(16-7-8-16)15-5-3-2-4-6-15/h2-6,9-11,13,16,18H,7-8,12H2,1H3,(H,22,27). The molecule has 0 spiro atoms. The van der Waals surface area contributed by atoms with Crippen molar-refractivity contribution in [2.24, 2.45) is 5.92 Å². The van der Waals surface area contributed by atoms with Gasteiger partial charge in [-0.25, -0.2) is 14.5 Å². The van der Waals surface area contributed by atoms with E-state index in [2.05, 4.69) is 38.0 Å². The number of benzene rings is 1. The highest BCUT2D eigenvalue weighted by Gasteiger charge is 2.34. The van der Waals surface area contributed by atoms with Crippen molar-refractivity contribution in [3.8, 4) is 0 Å². The fourth-order valence-corrected chi connectivity index (χ4v) is 3.08. The van der Waals surface area contributed by atoms with E-state index >= 15 is 0 Å². The molecule has 1 aliphatic carbocycles. The third-order valence-electron chi connectivity index (χ3n) is 4.73. The molecule has 1 N–H and O–H groups in total. The Labute approximate surface area is 157 Å². The second-order valence-electron chi connectivity index (χ2n) is 6.76. The van der Waals surface area contributed by atoms with Gasteiger partial charge in [0.15, 0.2) is 0 Å². The summed E-state index contributed by atoms with van der Waals surface area (Å²) in [5.41, 5.74) is 2.11. The summed E-state index contributed by atoms with van der Waals surface area (Å²) in [5.74, 6) is 1.09. The molecule has 8 nitrogen and oxygen atoms in total. The number of hydrogen-bond acceptors (Lipinski definition) is 5. The Morgan fingerprint density at radius 1 is 1.30 bits per heavy atom. The van der Waals surface area contributed by atoms with Crippen molar-refractivity contribution in [2.45, 2.75) is 25.4 Å². The van der Waals surface area contributed by atoms with Crippen molar-refractivity contribution in [2.75, 3.05) is 11.9 Å². The van der Waals surface area contributed by atoms with E-state index < -0.39 is 0 Å². The Kier molecular flexibility index (Phi) is 4.78. The molecular weight excluding hydrogens is 342 g/mol. The Morgan fingerprint density at radius 2 is 2.11 bits per heavy atom. The topological polar surface area (TPSA) is 88.8 Å². The van der Waals surface area contributed by atoms with Crippen molar-refractivity contribution in [1.82, 2.24) is 30.5 Å². The number of rotatable bonds is 6. The minimum absolute atomic E-state index is 0.0329. The molecule has 1 fully saturated rings. The number of tetrazole rings is 1. The first kappa shape index (κ1) is 17.1. The normalized spacial score (nSPS) is 14.6. The molecule has 138 valence electrons. The molecule has 2 amide bonds. The second kappa shape index (κ2) is 7.53. The van der Waals surface area contributed by atoms with Gasteiger partial charge in [-0.15, -0.1) is 5.10 Å². The number of nitrogens with one attached hydrogen (secondary N) is 1. The molecule has 1 aromatic carbocycles. The van der Waals surface area contributed by atoms with Crippen molar-refractivity contribution in [3.05, 3.63) is 66.1 Å². The average Bonchev–Trinajstić information content (AvgIpc) is 3.42. The van der Waals surface area contributed by atoms with Gasteiger partial charge in [0.25, 0.3) is 0 Å². The predicted molar refractivity (Wildman–Crippen MR) is 100.0 cm³/mol. The molecule has 1 unspecified atom stereocenters. The minimum Gasteiger partial charge on any atom is -0.331 e. The largest absolute Gasteiger partial charge is 0.331 e. The maximum Gasteiger partial charge on any atom is 0.323 e. The molecule has 2 aromatic heterocycles. The van der Waals surface area contributed by atoms with Crippen LogP contribution in [0.5, 0.6) is 0 Å². The van der Waals surface area contributed by atoms with Gasteiger partial charge in [0.1, 0.15) is 12.1 Å². The highest BCUT2D eigenvalue weighted by Crippen LogP contribution is 2.41. The summed E-state index contributed by atoms with van der Waals surface area (Å²) in [6.07, 6.45) is 5.53. The Hall–Kier alpha value is -3.29. The molecule has 8 heteroatoms. The van der Waals surface area contributed by atoms with Gasteiger partial charge < -0.3 is 5.32 Å². The second-order valence-corrected chi connectivity index (χ2v) is 6.76. The number of urea groups is 1. The van der Waals surface area contributed by atoms with Gasteiger partial charge in [0, 0.05) is 13.2 Å². The zero-order valence-corrected chi connectivity index (χ0v) is 15.1. The number of nitrogens with zero attached hydrogens (tertiary/aromatic N) is 6. The smallest absolute Gasteiger partial charge is 0.323 e. The molecule has 0 bridgehead atoms. The van der Waals surface area contributed by atoms with Crippen LogP contribution in [0.1, 0.15) is 30.0 Å². The van der Waals surface area contributed by atoms with Gasteiger partial charge in [0.05, 0.1) is 12.6 Å². The Morgan fingerprint density at radius 3 is 2.81 bits per heavy atom. The lowest BCUT2D eigenvalue weighted by molar-refractivity contribution is 0.242. The summed E-state index contributed by atoms with van der Waals surface area (Å²) < 4.78 is 1.62. The van der Waals surface area contributed by atoms with Gasteiger partial charge in [0.2, 0.25) is 0 Å². The van der Waals surface area contributed by atoms with E-state index in [-0.39, 0.29) is 12.1 Å². The van der Waals surface area contributed by atoms with Crippen LogP contribution in [0.15, 0.2) is 55.0 Å². The number of anilines is 1. The fraction of sp³-hybridized carbons (Fsp3) is 0.316. The monoisotopic (exact) mass is 363 g/mol. The number of carbonyl (C=O) groups is 1. The summed E-state index contributed by atoms with van der Waals surface area (Å²) in [4.78, 5) is 18.7. The molecule has 1 atom stereocenters. The molecule has 4 rings (SSSR count). The third kappa shape index (κ3) is 4.11. The van der Waals surface area contributed by atoms with Crippen LogP contribution in [-0.2, 0) is 6.54 Å². The SMILES string of the molecule is CN(C(=O)NC(c1ccccc1)C1CC1)c1cc(Cn2cnnn2)ccn1. The number of aromatic nitrogens is 5. The summed E-state index contributed by atoms with van der Waals surface area (Å²) in [5, 5.41) is 14.3. The van der Waals surface area contributed by atoms with E-state index in [0.717, 1.165) is 24.0 Å². The van der Waals surface area contributed by atoms with E-state index in [1.165, 1.54) is 0 Å². The lowest BCUT2D eigenvalue weighted by Gasteiger charge is -2.23. The lowest BCUT2D eigenvalue weighted by atomic mass is 10.0. The van der Waals surface area contributed by atoms with Gasteiger partial charge >= 0.3 is 6.03 Å². The first-order valence-corrected chi connectivity index (χ1v) is 8.95. The summed E-state index contributed by atoms with van der Waals surface area (Å²) in [6, 6.07) is 13.7. The molecule has 0 radical (unpaired) electrons. The molecule has 1 saturated carbocycles. The number of carbonyl (C=O) groups excluding carboxylic acids is 1. The van der Waals surface area contributed by atoms with Gasteiger partial charge in [-0.2, -0.15) is 0 Å². The molecule has 3 aromatic rings. The Balaban J connectivity index is 1.47. The van der Waals surface area contributed by atoms with E-state index in [1.807, 2.05) is 30.3 Å². The average molecular weight is 363 g/mol. The first-order chi connectivity index (χ1) is 13.2. The number of hydrogen-bond donors (Lipinski definition) is 1. The van der Waals surface area contributed by atoms with Gasteiger partial charge in [-0.05, 0) is 52.4 Å². The summed E-state index contributed by atoms with van der Waals surface area (Å²) in [7, 11) is 1.73. The van der Waals surface area contributed by atoms with Crippen molar-refractivity contribution < 1.29 is 4.79 Å². The van der Waals surface area contributed by atoms with Crippen LogP contribution >= 0.6 is 0 Å². The van der Waals surface area contributed by atoms with Crippen LogP contribution in [0.3, 0.4) is 0 Å². The Bertz CT molecular complexity index is 893. The molecule has 27 heavy (non-hydrogen) atoms. The van der Waals surface area contributed by atoms with E-state index in [9.17, 15) is 4.79 Å². The van der Waals surface area contributed by atoms with Crippen molar-refractivity contribution in [1.29, 1.82) is 0 Å². The first-order valence-electron chi connectivity index (χ1n) is 8.95. The highest BCUT2D eigenvalue weighted by molar-refractivity contribution is 5.90. The summed E-state index contributed by atoms with van der Waals surface area (Å²) >= 11 is 0. The maximum atomic E-state index is 12.8. The fourth-order valence-electron chi connectivity index (χ4n) is 3.08. The number of pyridine rings is 1. The van der Waals surface area contributed by atoms with Gasteiger partial charge in [-0.3, -0.25) is 4.90 Å². The molecular formula is C19H21N7O. The predicted octanol–water partition coefficient (Wildman–Crippen LogP) is 2.41. The van der Waals surface area contributed by atoms with Crippen molar-refractivity contribution in [3.63, 3.8) is 0 Å². The van der Waals surface area contributed by atoms with Crippen LogP contribution < -0.4 is 10.2 Å². The highest BCUT2D eigenvalue weighted by atomic mass is 16.2. The maximum absolute atomic E-state index is 12.8. The van der Waals surface area contributed by atoms with Crippen molar-refractivity contribution >= 4 is 11.8 Å². The zero-order chi connectivity index (χ0) is 18.6. The van der Waals surface area contributed by atoms with Crippen LogP contribution in [0, 0.1) is 5.92 Å². The van der Waals surface area contributed by atoms with E-state index in [4.69, 9.17) is 0 Å². The minimum atomic E-state index is -0.164. The van der Waals surface area contributed by atoms with E-state index in [1.54, 1.807) is 29.2 Å². The van der Waals surface area contributed by atoms with Crippen LogP contribution in [-0.4, -0.2) is 38.3 Å². The molecule has 0 aliphatic heterocycles. The molecule has 2 heterocycles. The quantitative estimate of drug-likeness (QED) is 0.726.